The second kappa shape index (κ2) is 6.08. The Balaban J connectivity index is 2.53. The Labute approximate surface area is 92.2 Å². The molecule has 0 spiro atoms. The quantitative estimate of drug-likeness (QED) is 0.700. The fraction of sp³-hybridized carbons (Fsp3) is 0.909. The van der Waals surface area contributed by atoms with E-state index in [1.165, 1.54) is 6.42 Å². The minimum atomic E-state index is 0.242. The molecule has 0 aromatic heterocycles. The third-order valence-corrected chi connectivity index (χ3v) is 3.27. The Morgan fingerprint density at radius 1 is 1.60 bits per heavy atom. The van der Waals surface area contributed by atoms with Crippen LogP contribution in [0, 0.1) is 5.92 Å². The number of hydrogen-bond donors (Lipinski definition) is 2. The summed E-state index contributed by atoms with van der Waals surface area (Å²) in [7, 11) is 1.87. The normalized spacial score (nSPS) is 26.7. The van der Waals surface area contributed by atoms with E-state index in [1.54, 1.807) is 0 Å². The van der Waals surface area contributed by atoms with Crippen LogP contribution in [0.5, 0.6) is 0 Å². The summed E-state index contributed by atoms with van der Waals surface area (Å²) in [5.41, 5.74) is 5.74. The van der Waals surface area contributed by atoms with Gasteiger partial charge in [0.2, 0.25) is 5.91 Å². The number of carbonyl (C=O) groups excluding carboxylic acids is 1. The standard InChI is InChI=1S/C11H23N3O/c1-9-4-3-7-14(10(9)8-12)11(15)5-6-13-2/h9-10,13H,3-8,12H2,1-2H3. The third kappa shape index (κ3) is 3.18. The van der Waals surface area contributed by atoms with Crippen LogP contribution in [-0.4, -0.2) is 43.5 Å². The van der Waals surface area contributed by atoms with Crippen LogP contribution in [0.2, 0.25) is 0 Å². The van der Waals surface area contributed by atoms with Crippen LogP contribution in [0.4, 0.5) is 0 Å². The van der Waals surface area contributed by atoms with E-state index in [0.717, 1.165) is 19.5 Å². The highest BCUT2D eigenvalue weighted by molar-refractivity contribution is 5.76. The van der Waals surface area contributed by atoms with E-state index in [0.29, 0.717) is 18.9 Å². The van der Waals surface area contributed by atoms with Gasteiger partial charge in [-0.25, -0.2) is 0 Å². The van der Waals surface area contributed by atoms with Crippen molar-refractivity contribution in [3.63, 3.8) is 0 Å². The number of piperidine rings is 1. The van der Waals surface area contributed by atoms with Gasteiger partial charge >= 0.3 is 0 Å². The van der Waals surface area contributed by atoms with Crippen molar-refractivity contribution >= 4 is 5.91 Å². The molecule has 0 radical (unpaired) electrons. The van der Waals surface area contributed by atoms with Crippen molar-refractivity contribution in [1.82, 2.24) is 10.2 Å². The Morgan fingerprint density at radius 3 is 2.93 bits per heavy atom. The smallest absolute Gasteiger partial charge is 0.224 e. The van der Waals surface area contributed by atoms with E-state index in [1.807, 2.05) is 11.9 Å². The molecule has 0 aromatic rings. The summed E-state index contributed by atoms with van der Waals surface area (Å²) in [4.78, 5) is 13.9. The monoisotopic (exact) mass is 213 g/mol. The van der Waals surface area contributed by atoms with Crippen LogP contribution in [0.15, 0.2) is 0 Å². The fourth-order valence-corrected chi connectivity index (χ4v) is 2.29. The first kappa shape index (κ1) is 12.5. The molecule has 3 N–H and O–H groups in total. The average Bonchev–Trinajstić information content (AvgIpc) is 2.25. The van der Waals surface area contributed by atoms with Crippen LogP contribution in [0.25, 0.3) is 0 Å². The van der Waals surface area contributed by atoms with Gasteiger partial charge in [0.15, 0.2) is 0 Å². The Kier molecular flexibility index (Phi) is 5.05. The highest BCUT2D eigenvalue weighted by Gasteiger charge is 2.29. The van der Waals surface area contributed by atoms with Crippen LogP contribution in [0.1, 0.15) is 26.2 Å². The van der Waals surface area contributed by atoms with Gasteiger partial charge in [-0.1, -0.05) is 6.92 Å². The molecule has 1 heterocycles. The highest BCUT2D eigenvalue weighted by atomic mass is 16.2. The number of likely N-dealkylation sites (tertiary alicyclic amines) is 1. The minimum absolute atomic E-state index is 0.242. The van der Waals surface area contributed by atoms with Crippen LogP contribution in [0.3, 0.4) is 0 Å². The predicted octanol–water partition coefficient (Wildman–Crippen LogP) is 0.182. The SMILES string of the molecule is CNCCC(=O)N1CCCC(C)C1CN. The van der Waals surface area contributed by atoms with Crippen molar-refractivity contribution in [2.75, 3.05) is 26.7 Å². The molecule has 0 aromatic carbocycles. The van der Waals surface area contributed by atoms with Gasteiger partial charge in [0.05, 0.1) is 0 Å². The molecule has 0 bridgehead atoms. The van der Waals surface area contributed by atoms with Crippen molar-refractivity contribution in [2.45, 2.75) is 32.2 Å². The first-order valence-corrected chi connectivity index (χ1v) is 5.84. The Bertz CT molecular complexity index is 208. The topological polar surface area (TPSA) is 58.4 Å². The zero-order valence-electron chi connectivity index (χ0n) is 9.83. The zero-order valence-corrected chi connectivity index (χ0v) is 9.83. The summed E-state index contributed by atoms with van der Waals surface area (Å²) in [5, 5.41) is 3.00. The number of nitrogens with two attached hydrogens (primary N) is 1. The lowest BCUT2D eigenvalue weighted by molar-refractivity contribution is -0.135. The van der Waals surface area contributed by atoms with Gasteiger partial charge in [-0.3, -0.25) is 4.79 Å². The second-order valence-corrected chi connectivity index (χ2v) is 4.36. The number of rotatable bonds is 4. The lowest BCUT2D eigenvalue weighted by atomic mass is 9.90. The molecule has 0 saturated carbocycles. The van der Waals surface area contributed by atoms with Gasteiger partial charge in [0.1, 0.15) is 0 Å². The molecule has 4 nitrogen and oxygen atoms in total. The summed E-state index contributed by atoms with van der Waals surface area (Å²) in [6.07, 6.45) is 2.89. The lowest BCUT2D eigenvalue weighted by Crippen LogP contribution is -2.51. The largest absolute Gasteiger partial charge is 0.338 e. The van der Waals surface area contributed by atoms with E-state index in [9.17, 15) is 4.79 Å². The van der Waals surface area contributed by atoms with Crippen molar-refractivity contribution in [2.24, 2.45) is 11.7 Å². The molecular formula is C11H23N3O. The van der Waals surface area contributed by atoms with Crippen molar-refractivity contribution in [1.29, 1.82) is 0 Å². The summed E-state index contributed by atoms with van der Waals surface area (Å²) >= 11 is 0. The molecule has 1 saturated heterocycles. The van der Waals surface area contributed by atoms with Gasteiger partial charge in [-0.2, -0.15) is 0 Å². The molecule has 2 unspecified atom stereocenters. The van der Waals surface area contributed by atoms with Gasteiger partial charge in [-0.05, 0) is 25.8 Å². The van der Waals surface area contributed by atoms with Crippen LogP contribution < -0.4 is 11.1 Å². The van der Waals surface area contributed by atoms with Gasteiger partial charge < -0.3 is 16.0 Å². The van der Waals surface area contributed by atoms with Crippen LogP contribution >= 0.6 is 0 Å². The number of hydrogen-bond acceptors (Lipinski definition) is 3. The average molecular weight is 213 g/mol. The maximum Gasteiger partial charge on any atom is 0.224 e. The molecule has 1 aliphatic rings. The number of amides is 1. The Hall–Kier alpha value is -0.610. The number of nitrogens with one attached hydrogen (secondary N) is 1. The second-order valence-electron chi connectivity index (χ2n) is 4.36. The summed E-state index contributed by atoms with van der Waals surface area (Å²) in [5.74, 6) is 0.786. The Morgan fingerprint density at radius 2 is 2.33 bits per heavy atom. The van der Waals surface area contributed by atoms with Crippen molar-refractivity contribution in [3.05, 3.63) is 0 Å². The van der Waals surface area contributed by atoms with Gasteiger partial charge in [0.25, 0.3) is 0 Å². The molecule has 1 amide bonds. The van der Waals surface area contributed by atoms with E-state index >= 15 is 0 Å². The predicted molar refractivity (Wildman–Crippen MR) is 61.5 cm³/mol. The van der Waals surface area contributed by atoms with Crippen molar-refractivity contribution < 1.29 is 4.79 Å². The molecule has 1 fully saturated rings. The van der Waals surface area contributed by atoms with E-state index in [2.05, 4.69) is 12.2 Å². The van der Waals surface area contributed by atoms with Crippen molar-refractivity contribution in [3.8, 4) is 0 Å². The lowest BCUT2D eigenvalue weighted by Gasteiger charge is -2.39. The molecule has 1 aliphatic heterocycles. The minimum Gasteiger partial charge on any atom is -0.338 e. The van der Waals surface area contributed by atoms with Crippen LogP contribution in [-0.2, 0) is 4.79 Å². The number of carbonyl (C=O) groups is 1. The van der Waals surface area contributed by atoms with Gasteiger partial charge in [-0.15, -0.1) is 0 Å². The first-order chi connectivity index (χ1) is 7.20. The zero-order chi connectivity index (χ0) is 11.3. The molecule has 4 heteroatoms. The summed E-state index contributed by atoms with van der Waals surface area (Å²) in [6.45, 7) is 4.41. The molecular weight excluding hydrogens is 190 g/mol. The van der Waals surface area contributed by atoms with E-state index in [4.69, 9.17) is 5.73 Å². The molecule has 15 heavy (non-hydrogen) atoms. The van der Waals surface area contributed by atoms with E-state index in [-0.39, 0.29) is 11.9 Å². The highest BCUT2D eigenvalue weighted by Crippen LogP contribution is 2.22. The summed E-state index contributed by atoms with van der Waals surface area (Å²) < 4.78 is 0. The molecule has 2 atom stereocenters. The number of nitrogens with zero attached hydrogens (tertiary/aromatic N) is 1. The fourth-order valence-electron chi connectivity index (χ4n) is 2.29. The molecule has 1 rings (SSSR count). The maximum absolute atomic E-state index is 11.9. The maximum atomic E-state index is 11.9. The third-order valence-electron chi connectivity index (χ3n) is 3.27. The summed E-state index contributed by atoms with van der Waals surface area (Å²) in [6, 6.07) is 0.253. The molecule has 0 aliphatic carbocycles. The molecule has 88 valence electrons. The first-order valence-electron chi connectivity index (χ1n) is 5.84. The van der Waals surface area contributed by atoms with Gasteiger partial charge in [0, 0.05) is 32.1 Å². The van der Waals surface area contributed by atoms with E-state index < -0.39 is 0 Å².